The first-order valence-electron chi connectivity index (χ1n) is 11.0. The van der Waals surface area contributed by atoms with Gasteiger partial charge < -0.3 is 20.5 Å². The summed E-state index contributed by atoms with van der Waals surface area (Å²) >= 11 is 1.64. The van der Waals surface area contributed by atoms with Gasteiger partial charge in [0.05, 0.1) is 28.9 Å². The summed E-state index contributed by atoms with van der Waals surface area (Å²) in [5.74, 6) is -0.463. The van der Waals surface area contributed by atoms with Crippen LogP contribution in [0.15, 0.2) is 65.2 Å². The van der Waals surface area contributed by atoms with E-state index in [0.717, 1.165) is 21.9 Å². The van der Waals surface area contributed by atoms with Crippen LogP contribution in [0.25, 0.3) is 0 Å². The Hall–Kier alpha value is -3.85. The Labute approximate surface area is 200 Å². The van der Waals surface area contributed by atoms with Gasteiger partial charge in [-0.2, -0.15) is 0 Å². The highest BCUT2D eigenvalue weighted by atomic mass is 32.1. The summed E-state index contributed by atoms with van der Waals surface area (Å²) in [6.07, 6.45) is 1.00. The number of hydrogen-bond acceptors (Lipinski definition) is 8. The van der Waals surface area contributed by atoms with Crippen LogP contribution in [0.3, 0.4) is 0 Å². The summed E-state index contributed by atoms with van der Waals surface area (Å²) in [5, 5.41) is 30.9. The third-order valence-electron chi connectivity index (χ3n) is 6.16. The van der Waals surface area contributed by atoms with Crippen molar-refractivity contribution in [2.75, 3.05) is 17.2 Å². The second kappa shape index (κ2) is 8.83. The molecular formula is C25H23N3O5S. The SMILES string of the molecule is CCOc1cc([C@H]2Nc3ccccc3NC3=C2C(=O)C[C@H](c2cccs2)C3)cc([N+](=O)[O-])c1O. The molecule has 2 aliphatic rings. The molecule has 2 heterocycles. The molecule has 9 heteroatoms. The molecule has 2 atom stereocenters. The van der Waals surface area contributed by atoms with Gasteiger partial charge in [-0.05, 0) is 48.6 Å². The number of nitro benzene ring substituents is 1. The van der Waals surface area contributed by atoms with Crippen molar-refractivity contribution in [1.29, 1.82) is 0 Å². The van der Waals surface area contributed by atoms with E-state index >= 15 is 0 Å². The fourth-order valence-electron chi connectivity index (χ4n) is 4.65. The van der Waals surface area contributed by atoms with E-state index in [0.29, 0.717) is 24.0 Å². The highest BCUT2D eigenvalue weighted by molar-refractivity contribution is 7.10. The van der Waals surface area contributed by atoms with Gasteiger partial charge in [-0.3, -0.25) is 14.9 Å². The molecule has 1 aliphatic carbocycles. The highest BCUT2D eigenvalue weighted by Crippen LogP contribution is 2.47. The van der Waals surface area contributed by atoms with Crippen molar-refractivity contribution in [3.05, 3.63) is 85.7 Å². The van der Waals surface area contributed by atoms with Crippen LogP contribution in [0, 0.1) is 10.1 Å². The maximum absolute atomic E-state index is 13.6. The predicted octanol–water partition coefficient (Wildman–Crippen LogP) is 5.74. The second-order valence-corrected chi connectivity index (χ2v) is 9.24. The van der Waals surface area contributed by atoms with E-state index in [1.54, 1.807) is 24.3 Å². The van der Waals surface area contributed by atoms with Crippen molar-refractivity contribution < 1.29 is 19.6 Å². The molecule has 0 unspecified atom stereocenters. The van der Waals surface area contributed by atoms with Gasteiger partial charge in [0.15, 0.2) is 11.5 Å². The number of phenolic OH excluding ortho intramolecular Hbond substituents is 1. The van der Waals surface area contributed by atoms with Crippen LogP contribution in [0.1, 0.15) is 42.2 Å². The smallest absolute Gasteiger partial charge is 0.315 e. The van der Waals surface area contributed by atoms with Crippen molar-refractivity contribution >= 4 is 34.2 Å². The van der Waals surface area contributed by atoms with Gasteiger partial charge in [-0.25, -0.2) is 0 Å². The molecule has 0 fully saturated rings. The van der Waals surface area contributed by atoms with E-state index in [1.165, 1.54) is 6.07 Å². The van der Waals surface area contributed by atoms with Crippen molar-refractivity contribution in [2.45, 2.75) is 31.7 Å². The Bertz CT molecular complexity index is 1300. The maximum Gasteiger partial charge on any atom is 0.315 e. The molecule has 1 aromatic heterocycles. The lowest BCUT2D eigenvalue weighted by Crippen LogP contribution is -2.26. The monoisotopic (exact) mass is 477 g/mol. The zero-order valence-corrected chi connectivity index (χ0v) is 19.2. The molecule has 0 saturated heterocycles. The molecule has 0 spiro atoms. The zero-order valence-electron chi connectivity index (χ0n) is 18.4. The fourth-order valence-corrected chi connectivity index (χ4v) is 5.48. The summed E-state index contributed by atoms with van der Waals surface area (Å²) < 4.78 is 5.49. The number of phenols is 1. The number of carbonyl (C=O) groups excluding carboxylic acids is 1. The molecule has 0 bridgehead atoms. The largest absolute Gasteiger partial charge is 0.500 e. The lowest BCUT2D eigenvalue weighted by molar-refractivity contribution is -0.386. The third kappa shape index (κ3) is 3.88. The highest BCUT2D eigenvalue weighted by Gasteiger charge is 2.37. The molecule has 8 nitrogen and oxygen atoms in total. The average molecular weight is 478 g/mol. The fraction of sp³-hybridized carbons (Fsp3) is 0.240. The molecule has 174 valence electrons. The number of nitrogens with one attached hydrogen (secondary N) is 2. The molecular weight excluding hydrogens is 454 g/mol. The first-order chi connectivity index (χ1) is 16.5. The van der Waals surface area contributed by atoms with Crippen LogP contribution in [-0.4, -0.2) is 22.4 Å². The number of nitrogens with zero attached hydrogens (tertiary/aromatic N) is 1. The van der Waals surface area contributed by atoms with Crippen LogP contribution < -0.4 is 15.4 Å². The van der Waals surface area contributed by atoms with Crippen molar-refractivity contribution in [1.82, 2.24) is 0 Å². The summed E-state index contributed by atoms with van der Waals surface area (Å²) in [5.41, 5.74) is 2.96. The normalized spacial score (nSPS) is 19.4. The van der Waals surface area contributed by atoms with Crippen LogP contribution in [0.2, 0.25) is 0 Å². The van der Waals surface area contributed by atoms with Gasteiger partial charge in [0.1, 0.15) is 0 Å². The number of ether oxygens (including phenoxy) is 1. The lowest BCUT2D eigenvalue weighted by atomic mass is 9.80. The molecule has 2 aromatic carbocycles. The quantitative estimate of drug-likeness (QED) is 0.317. The number of anilines is 2. The molecule has 3 N–H and O–H groups in total. The maximum atomic E-state index is 13.6. The molecule has 1 aliphatic heterocycles. The Kier molecular flexibility index (Phi) is 5.70. The topological polar surface area (TPSA) is 114 Å². The van der Waals surface area contributed by atoms with Gasteiger partial charge in [-0.15, -0.1) is 11.3 Å². The molecule has 0 radical (unpaired) electrons. The summed E-state index contributed by atoms with van der Waals surface area (Å²) in [4.78, 5) is 25.8. The number of nitro groups is 1. The van der Waals surface area contributed by atoms with E-state index in [1.807, 2.05) is 41.8 Å². The Morgan fingerprint density at radius 2 is 1.97 bits per heavy atom. The van der Waals surface area contributed by atoms with E-state index in [2.05, 4.69) is 10.6 Å². The van der Waals surface area contributed by atoms with Gasteiger partial charge in [0.2, 0.25) is 5.75 Å². The number of carbonyl (C=O) groups is 1. The first kappa shape index (κ1) is 22.0. The molecule has 0 saturated carbocycles. The van der Waals surface area contributed by atoms with E-state index in [4.69, 9.17) is 4.74 Å². The van der Waals surface area contributed by atoms with Gasteiger partial charge in [0.25, 0.3) is 0 Å². The number of hydrogen-bond donors (Lipinski definition) is 3. The van der Waals surface area contributed by atoms with Gasteiger partial charge in [0, 0.05) is 34.6 Å². The minimum atomic E-state index is -0.651. The van der Waals surface area contributed by atoms with Crippen LogP contribution >= 0.6 is 11.3 Å². The number of rotatable bonds is 5. The number of ketones is 1. The standard InChI is InChI=1S/C25H23N3O5S/c1-2-33-21-13-15(11-19(25(21)30)28(31)32)24-23-18(26-16-6-3-4-7-17(16)27-24)10-14(12-20(23)29)22-8-5-9-34-22/h3-9,11,13-14,24,26-27,30H,2,10,12H2,1H3/t14-,24-/m1/s1. The van der Waals surface area contributed by atoms with Gasteiger partial charge in [-0.1, -0.05) is 18.2 Å². The first-order valence-corrected chi connectivity index (χ1v) is 11.9. The molecule has 34 heavy (non-hydrogen) atoms. The predicted molar refractivity (Wildman–Crippen MR) is 131 cm³/mol. The second-order valence-electron chi connectivity index (χ2n) is 8.26. The molecule has 0 amide bonds. The molecule has 5 rings (SSSR count). The van der Waals surface area contributed by atoms with Crippen LogP contribution in [0.4, 0.5) is 17.1 Å². The number of thiophene rings is 1. The minimum absolute atomic E-state index is 0.0147. The number of allylic oxidation sites excluding steroid dienone is 1. The lowest BCUT2D eigenvalue weighted by Gasteiger charge is -2.29. The van der Waals surface area contributed by atoms with Crippen LogP contribution in [0.5, 0.6) is 11.5 Å². The minimum Gasteiger partial charge on any atom is -0.500 e. The third-order valence-corrected chi connectivity index (χ3v) is 7.20. The Balaban J connectivity index is 1.67. The van der Waals surface area contributed by atoms with E-state index < -0.39 is 22.4 Å². The molecule has 3 aromatic rings. The Morgan fingerprint density at radius 3 is 2.68 bits per heavy atom. The average Bonchev–Trinajstić information content (AvgIpc) is 3.29. The zero-order chi connectivity index (χ0) is 23.8. The summed E-state index contributed by atoms with van der Waals surface area (Å²) in [6, 6.07) is 13.9. The van der Waals surface area contributed by atoms with Crippen molar-refractivity contribution in [2.24, 2.45) is 0 Å². The van der Waals surface area contributed by atoms with Gasteiger partial charge >= 0.3 is 5.69 Å². The number of benzene rings is 2. The number of aromatic hydroxyl groups is 1. The van der Waals surface area contributed by atoms with E-state index in [9.17, 15) is 20.0 Å². The van der Waals surface area contributed by atoms with E-state index in [-0.39, 0.29) is 24.1 Å². The van der Waals surface area contributed by atoms with Crippen LogP contribution in [-0.2, 0) is 4.79 Å². The van der Waals surface area contributed by atoms with Crippen molar-refractivity contribution in [3.8, 4) is 11.5 Å². The number of Topliss-reactive ketones (excluding diaryl/α,β-unsaturated/α-hetero) is 1. The van der Waals surface area contributed by atoms with Crippen molar-refractivity contribution in [3.63, 3.8) is 0 Å². The number of para-hydroxylation sites is 2. The summed E-state index contributed by atoms with van der Waals surface area (Å²) in [7, 11) is 0. The number of fused-ring (bicyclic) bond motifs is 1. The summed E-state index contributed by atoms with van der Waals surface area (Å²) in [6.45, 7) is 1.96. The Morgan fingerprint density at radius 1 is 1.18 bits per heavy atom.